The molecule has 32 heavy (non-hydrogen) atoms. The van der Waals surface area contributed by atoms with E-state index < -0.39 is 0 Å². The second-order valence-electron chi connectivity index (χ2n) is 7.81. The van der Waals surface area contributed by atoms with Crippen LogP contribution in [0, 0.1) is 0 Å². The average molecular weight is 448 g/mol. The fourth-order valence-corrected chi connectivity index (χ4v) is 3.98. The molecule has 1 aliphatic heterocycles. The zero-order valence-electron chi connectivity index (χ0n) is 17.7. The summed E-state index contributed by atoms with van der Waals surface area (Å²) in [5.41, 5.74) is 3.81. The molecule has 1 aliphatic rings. The summed E-state index contributed by atoms with van der Waals surface area (Å²) >= 11 is 0. The van der Waals surface area contributed by atoms with E-state index in [0.717, 1.165) is 35.4 Å². The standard InChI is InChI=1S/C25H25N5O.ClH/c31-21-8-6-7-19(17-21)26-24-22-9-2-3-10-23(22)28-25(29-24)27-18-11-13-20(14-12-18)30-15-4-1-5-16-30;/h2-3,6-14,17,31H,1,4-5,15-16H2,(H2,26,27,28,29);1H. The van der Waals surface area contributed by atoms with E-state index in [2.05, 4.69) is 44.8 Å². The SMILES string of the molecule is Cl.Oc1cccc(Nc2nc(Nc3ccc(N4CCCCC4)cc3)nc3ccccc23)c1. The van der Waals surface area contributed by atoms with Gasteiger partial charge in [0.15, 0.2) is 0 Å². The number of hydrogen-bond donors (Lipinski definition) is 3. The number of para-hydroxylation sites is 1. The van der Waals surface area contributed by atoms with Crippen molar-refractivity contribution in [3.63, 3.8) is 0 Å². The third kappa shape index (κ3) is 4.86. The minimum Gasteiger partial charge on any atom is -0.508 e. The smallest absolute Gasteiger partial charge is 0.229 e. The highest BCUT2D eigenvalue weighted by atomic mass is 35.5. The second-order valence-corrected chi connectivity index (χ2v) is 7.81. The van der Waals surface area contributed by atoms with Crippen molar-refractivity contribution >= 4 is 52.1 Å². The average Bonchev–Trinajstić information content (AvgIpc) is 2.80. The summed E-state index contributed by atoms with van der Waals surface area (Å²) in [4.78, 5) is 11.8. The molecule has 2 heterocycles. The van der Waals surface area contributed by atoms with Crippen molar-refractivity contribution in [1.82, 2.24) is 9.97 Å². The first-order valence-corrected chi connectivity index (χ1v) is 10.7. The van der Waals surface area contributed by atoms with Crippen molar-refractivity contribution in [2.75, 3.05) is 28.6 Å². The number of nitrogens with zero attached hydrogens (tertiary/aromatic N) is 3. The van der Waals surface area contributed by atoms with Gasteiger partial charge in [-0.05, 0) is 67.8 Å². The zero-order valence-corrected chi connectivity index (χ0v) is 18.5. The van der Waals surface area contributed by atoms with Crippen LogP contribution in [0.4, 0.5) is 28.8 Å². The first kappa shape index (κ1) is 21.7. The molecule has 5 rings (SSSR count). The van der Waals surface area contributed by atoms with Crippen LogP contribution in [-0.4, -0.2) is 28.2 Å². The lowest BCUT2D eigenvalue weighted by Gasteiger charge is -2.28. The molecule has 6 nitrogen and oxygen atoms in total. The monoisotopic (exact) mass is 447 g/mol. The van der Waals surface area contributed by atoms with Crippen molar-refractivity contribution in [2.24, 2.45) is 0 Å². The highest BCUT2D eigenvalue weighted by molar-refractivity contribution is 5.92. The van der Waals surface area contributed by atoms with Crippen molar-refractivity contribution in [1.29, 1.82) is 0 Å². The largest absolute Gasteiger partial charge is 0.508 e. The molecule has 0 radical (unpaired) electrons. The van der Waals surface area contributed by atoms with Gasteiger partial charge in [-0.2, -0.15) is 4.98 Å². The lowest BCUT2D eigenvalue weighted by molar-refractivity contribution is 0.475. The summed E-state index contributed by atoms with van der Waals surface area (Å²) in [5.74, 6) is 1.41. The lowest BCUT2D eigenvalue weighted by atomic mass is 10.1. The van der Waals surface area contributed by atoms with E-state index in [4.69, 9.17) is 4.98 Å². The Labute approximate surface area is 193 Å². The van der Waals surface area contributed by atoms with Crippen LogP contribution in [0.15, 0.2) is 72.8 Å². The normalized spacial score (nSPS) is 13.4. The van der Waals surface area contributed by atoms with Gasteiger partial charge in [0, 0.05) is 41.6 Å². The van der Waals surface area contributed by atoms with Gasteiger partial charge >= 0.3 is 0 Å². The minimum absolute atomic E-state index is 0. The summed E-state index contributed by atoms with van der Waals surface area (Å²) in [5, 5.41) is 17.3. The quantitative estimate of drug-likeness (QED) is 0.336. The van der Waals surface area contributed by atoms with Gasteiger partial charge in [0.25, 0.3) is 0 Å². The van der Waals surface area contributed by atoms with E-state index in [-0.39, 0.29) is 18.2 Å². The molecule has 164 valence electrons. The Morgan fingerprint density at radius 3 is 2.31 bits per heavy atom. The van der Waals surface area contributed by atoms with E-state index in [1.807, 2.05) is 30.3 Å². The van der Waals surface area contributed by atoms with Crippen LogP contribution in [0.1, 0.15) is 19.3 Å². The molecule has 3 aromatic carbocycles. The zero-order chi connectivity index (χ0) is 21.0. The van der Waals surface area contributed by atoms with Gasteiger partial charge < -0.3 is 20.6 Å². The Hall–Kier alpha value is -3.51. The lowest BCUT2D eigenvalue weighted by Crippen LogP contribution is -2.29. The maximum Gasteiger partial charge on any atom is 0.229 e. The number of hydrogen-bond acceptors (Lipinski definition) is 6. The van der Waals surface area contributed by atoms with Crippen molar-refractivity contribution in [2.45, 2.75) is 19.3 Å². The van der Waals surface area contributed by atoms with Gasteiger partial charge in [-0.15, -0.1) is 12.4 Å². The molecular formula is C25H26ClN5O. The van der Waals surface area contributed by atoms with Gasteiger partial charge in [0.2, 0.25) is 5.95 Å². The molecule has 0 aliphatic carbocycles. The number of rotatable bonds is 5. The number of piperidine rings is 1. The first-order valence-electron chi connectivity index (χ1n) is 10.7. The number of aromatic nitrogens is 2. The predicted molar refractivity (Wildman–Crippen MR) is 134 cm³/mol. The van der Waals surface area contributed by atoms with Crippen molar-refractivity contribution in [3.8, 4) is 5.75 Å². The number of phenolic OH excluding ortho intramolecular Hbond substituents is 1. The second kappa shape index (κ2) is 9.75. The van der Waals surface area contributed by atoms with Crippen LogP contribution in [0.25, 0.3) is 10.9 Å². The molecule has 4 aromatic rings. The summed E-state index contributed by atoms with van der Waals surface area (Å²) in [7, 11) is 0. The maximum atomic E-state index is 9.78. The van der Waals surface area contributed by atoms with E-state index >= 15 is 0 Å². The summed E-state index contributed by atoms with van der Waals surface area (Å²) in [6.07, 6.45) is 3.86. The Morgan fingerprint density at radius 1 is 0.750 bits per heavy atom. The van der Waals surface area contributed by atoms with Crippen LogP contribution in [0.2, 0.25) is 0 Å². The summed E-state index contributed by atoms with van der Waals surface area (Å²) in [6, 6.07) is 23.3. The highest BCUT2D eigenvalue weighted by Crippen LogP contribution is 2.28. The van der Waals surface area contributed by atoms with E-state index in [1.165, 1.54) is 24.9 Å². The number of fused-ring (bicyclic) bond motifs is 1. The fourth-order valence-electron chi connectivity index (χ4n) is 3.98. The number of nitrogens with one attached hydrogen (secondary N) is 2. The Morgan fingerprint density at radius 2 is 1.53 bits per heavy atom. The van der Waals surface area contributed by atoms with Crippen LogP contribution < -0.4 is 15.5 Å². The molecule has 0 spiro atoms. The number of halogens is 1. The third-order valence-corrected chi connectivity index (χ3v) is 5.56. The van der Waals surface area contributed by atoms with Crippen molar-refractivity contribution < 1.29 is 5.11 Å². The van der Waals surface area contributed by atoms with E-state index in [0.29, 0.717) is 11.8 Å². The molecular weight excluding hydrogens is 422 g/mol. The number of aromatic hydroxyl groups is 1. The molecule has 7 heteroatoms. The molecule has 3 N–H and O–H groups in total. The molecule has 0 saturated carbocycles. The molecule has 1 aromatic heterocycles. The molecule has 0 atom stereocenters. The number of phenols is 1. The third-order valence-electron chi connectivity index (χ3n) is 5.56. The number of anilines is 5. The Balaban J connectivity index is 0.00000245. The van der Waals surface area contributed by atoms with Gasteiger partial charge in [-0.1, -0.05) is 18.2 Å². The highest BCUT2D eigenvalue weighted by Gasteiger charge is 2.12. The molecule has 0 unspecified atom stereocenters. The van der Waals surface area contributed by atoms with Crippen LogP contribution in [0.5, 0.6) is 5.75 Å². The van der Waals surface area contributed by atoms with Crippen LogP contribution >= 0.6 is 12.4 Å². The van der Waals surface area contributed by atoms with Crippen LogP contribution in [0.3, 0.4) is 0 Å². The topological polar surface area (TPSA) is 73.3 Å². The molecule has 1 saturated heterocycles. The molecule has 1 fully saturated rings. The van der Waals surface area contributed by atoms with Crippen LogP contribution in [-0.2, 0) is 0 Å². The maximum absolute atomic E-state index is 9.78. The van der Waals surface area contributed by atoms with Gasteiger partial charge in [0.1, 0.15) is 11.6 Å². The van der Waals surface area contributed by atoms with E-state index in [1.54, 1.807) is 18.2 Å². The Kier molecular flexibility index (Phi) is 6.61. The van der Waals surface area contributed by atoms with Gasteiger partial charge in [0.05, 0.1) is 5.52 Å². The summed E-state index contributed by atoms with van der Waals surface area (Å²) < 4.78 is 0. The minimum atomic E-state index is 0. The van der Waals surface area contributed by atoms with E-state index in [9.17, 15) is 5.11 Å². The molecule has 0 bridgehead atoms. The van der Waals surface area contributed by atoms with Gasteiger partial charge in [-0.25, -0.2) is 4.98 Å². The number of benzene rings is 3. The Bertz CT molecular complexity index is 1190. The molecule has 0 amide bonds. The van der Waals surface area contributed by atoms with Crippen molar-refractivity contribution in [3.05, 3.63) is 72.8 Å². The van der Waals surface area contributed by atoms with Gasteiger partial charge in [-0.3, -0.25) is 0 Å². The summed E-state index contributed by atoms with van der Waals surface area (Å²) in [6.45, 7) is 2.26. The fraction of sp³-hybridized carbons (Fsp3) is 0.200. The predicted octanol–water partition coefficient (Wildman–Crippen LogP) is 6.23. The first-order chi connectivity index (χ1) is 15.2.